The van der Waals surface area contributed by atoms with E-state index in [1.54, 1.807) is 6.92 Å². The van der Waals surface area contributed by atoms with Crippen LogP contribution in [0.2, 0.25) is 0 Å². The van der Waals surface area contributed by atoms with Crippen LogP contribution in [0.5, 0.6) is 0 Å². The van der Waals surface area contributed by atoms with Gasteiger partial charge in [0, 0.05) is 17.1 Å². The van der Waals surface area contributed by atoms with Gasteiger partial charge in [-0.2, -0.15) is 13.2 Å². The molecule has 0 spiro atoms. The van der Waals surface area contributed by atoms with E-state index in [-0.39, 0.29) is 28.9 Å². The number of hydrogen-bond acceptors (Lipinski definition) is 1. The van der Waals surface area contributed by atoms with Crippen molar-refractivity contribution in [1.82, 2.24) is 0 Å². The van der Waals surface area contributed by atoms with Crippen LogP contribution in [0, 0.1) is 0 Å². The van der Waals surface area contributed by atoms with E-state index >= 15 is 0 Å². The molecule has 0 saturated carbocycles. The molecule has 0 fully saturated rings. The molecule has 91 valence electrons. The molecule has 1 radical (unpaired) electrons. The molecule has 1 atom stereocenters. The van der Waals surface area contributed by atoms with Crippen molar-refractivity contribution in [3.63, 3.8) is 0 Å². The third-order valence-corrected chi connectivity index (χ3v) is 1.54. The number of aliphatic imine (C=N–C) groups is 1. The second-order valence-electron chi connectivity index (χ2n) is 3.34. The third-order valence-electron chi connectivity index (χ3n) is 1.54. The number of nitrogens with zero attached hydrogens (tertiary/aromatic N) is 2. The fraction of sp³-hybridized carbons (Fsp3) is 0.889. The third kappa shape index (κ3) is 7.68. The molecule has 0 aliphatic rings. The Hall–Kier alpha value is -0.221. The maximum absolute atomic E-state index is 12.1. The maximum atomic E-state index is 12.1. The molecule has 15 heavy (non-hydrogen) atoms. The van der Waals surface area contributed by atoms with Gasteiger partial charge in [0.05, 0.1) is 6.04 Å². The fourth-order valence-electron chi connectivity index (χ4n) is 0.811. The van der Waals surface area contributed by atoms with Gasteiger partial charge in [-0.25, -0.2) is 0 Å². The van der Waals surface area contributed by atoms with Crippen molar-refractivity contribution in [3.05, 3.63) is 5.32 Å². The predicted molar refractivity (Wildman–Crippen MR) is 51.7 cm³/mol. The van der Waals surface area contributed by atoms with Crippen molar-refractivity contribution in [2.75, 3.05) is 0 Å². The van der Waals surface area contributed by atoms with Crippen molar-refractivity contribution < 1.29 is 30.2 Å². The van der Waals surface area contributed by atoms with Crippen molar-refractivity contribution in [2.45, 2.75) is 52.4 Å². The first-order valence-electron chi connectivity index (χ1n) is 4.61. The average molecular weight is 264 g/mol. The van der Waals surface area contributed by atoms with Gasteiger partial charge in [0.25, 0.3) is 0 Å². The molecule has 0 bridgehead atoms. The largest absolute Gasteiger partial charge is 0.466 e. The summed E-state index contributed by atoms with van der Waals surface area (Å²) in [5.74, 6) is 0.282. The van der Waals surface area contributed by atoms with Crippen LogP contribution in [0.4, 0.5) is 13.2 Å². The monoisotopic (exact) mass is 264 g/mol. The number of halogens is 3. The van der Waals surface area contributed by atoms with Gasteiger partial charge < -0.3 is 10.3 Å². The van der Waals surface area contributed by atoms with Gasteiger partial charge >= 0.3 is 6.18 Å². The minimum atomic E-state index is -4.27. The van der Waals surface area contributed by atoms with Crippen LogP contribution in [-0.4, -0.2) is 24.1 Å². The molecule has 0 aliphatic heterocycles. The van der Waals surface area contributed by atoms with E-state index in [2.05, 4.69) is 10.3 Å². The molecule has 0 heterocycles. The SMILES string of the molecule is CCC(=NC(C)C)[N-]C(C)C(F)(F)F.[Mn]. The quantitative estimate of drug-likeness (QED) is 0.423. The first-order chi connectivity index (χ1) is 6.27. The van der Waals surface area contributed by atoms with E-state index in [1.165, 1.54) is 0 Å². The molecule has 6 heteroatoms. The zero-order chi connectivity index (χ0) is 11.4. The summed E-state index contributed by atoms with van der Waals surface area (Å²) in [5.41, 5.74) is 0. The summed E-state index contributed by atoms with van der Waals surface area (Å²) in [6, 6.07) is -1.69. The van der Waals surface area contributed by atoms with Gasteiger partial charge in [-0.15, -0.1) is 0 Å². The molecule has 0 aromatic rings. The topological polar surface area (TPSA) is 26.5 Å². The van der Waals surface area contributed by atoms with Crippen LogP contribution in [-0.2, 0) is 17.1 Å². The van der Waals surface area contributed by atoms with E-state index in [1.807, 2.05) is 13.8 Å². The molecule has 1 unspecified atom stereocenters. The predicted octanol–water partition coefficient (Wildman–Crippen LogP) is 3.53. The Bertz CT molecular complexity index is 202. The Morgan fingerprint density at radius 3 is 2.00 bits per heavy atom. The van der Waals surface area contributed by atoms with Crippen LogP contribution < -0.4 is 0 Å². The van der Waals surface area contributed by atoms with Crippen LogP contribution in [0.15, 0.2) is 4.99 Å². The summed E-state index contributed by atoms with van der Waals surface area (Å²) >= 11 is 0. The van der Waals surface area contributed by atoms with Crippen LogP contribution in [0.3, 0.4) is 0 Å². The first kappa shape index (κ1) is 17.2. The molecular weight excluding hydrogens is 248 g/mol. The number of amidine groups is 1. The normalized spacial score (nSPS) is 14.8. The summed E-state index contributed by atoms with van der Waals surface area (Å²) < 4.78 is 36.4. The smallest absolute Gasteiger partial charge is 0.390 e. The minimum absolute atomic E-state index is 0. The van der Waals surface area contributed by atoms with Gasteiger partial charge in [0.15, 0.2) is 0 Å². The average Bonchev–Trinajstić information content (AvgIpc) is 2.00. The van der Waals surface area contributed by atoms with E-state index in [0.717, 1.165) is 6.92 Å². The fourth-order valence-corrected chi connectivity index (χ4v) is 0.811. The van der Waals surface area contributed by atoms with E-state index < -0.39 is 12.2 Å². The molecule has 0 N–H and O–H groups in total. The Morgan fingerprint density at radius 2 is 1.73 bits per heavy atom. The summed E-state index contributed by atoms with van der Waals surface area (Å²) in [7, 11) is 0. The molecule has 0 rings (SSSR count). The van der Waals surface area contributed by atoms with Gasteiger partial charge in [-0.3, -0.25) is 0 Å². The van der Waals surface area contributed by atoms with Gasteiger partial charge in [0.1, 0.15) is 0 Å². The molecule has 0 amide bonds. The van der Waals surface area contributed by atoms with Crippen molar-refractivity contribution in [3.8, 4) is 0 Å². The molecule has 2 nitrogen and oxygen atoms in total. The van der Waals surface area contributed by atoms with Crippen LogP contribution in [0.1, 0.15) is 34.1 Å². The molecule has 0 aromatic carbocycles. The zero-order valence-electron chi connectivity index (χ0n) is 9.27. The minimum Gasteiger partial charge on any atom is -0.466 e. The molecule has 0 saturated heterocycles. The van der Waals surface area contributed by atoms with Crippen molar-refractivity contribution in [1.29, 1.82) is 0 Å². The number of alkyl halides is 3. The Morgan fingerprint density at radius 1 is 1.27 bits per heavy atom. The second-order valence-corrected chi connectivity index (χ2v) is 3.34. The summed E-state index contributed by atoms with van der Waals surface area (Å²) in [5, 5.41) is 3.53. The molecular formula is C9H16F3MnN2-. The maximum Gasteiger partial charge on any atom is 0.390 e. The summed E-state index contributed by atoms with van der Waals surface area (Å²) in [6.07, 6.45) is -3.84. The summed E-state index contributed by atoms with van der Waals surface area (Å²) in [6.45, 7) is 6.40. The van der Waals surface area contributed by atoms with Gasteiger partial charge in [0.2, 0.25) is 0 Å². The summed E-state index contributed by atoms with van der Waals surface area (Å²) in [4.78, 5) is 4.00. The Labute approximate surface area is 99.2 Å². The zero-order valence-corrected chi connectivity index (χ0v) is 10.4. The second kappa shape index (κ2) is 7.12. The van der Waals surface area contributed by atoms with E-state index in [9.17, 15) is 13.2 Å². The van der Waals surface area contributed by atoms with Crippen LogP contribution in [0.25, 0.3) is 5.32 Å². The van der Waals surface area contributed by atoms with E-state index in [0.29, 0.717) is 6.42 Å². The molecule has 0 aliphatic carbocycles. The Kier molecular flexibility index (Phi) is 8.16. The van der Waals surface area contributed by atoms with Gasteiger partial charge in [-0.05, 0) is 12.5 Å². The van der Waals surface area contributed by atoms with Crippen LogP contribution >= 0.6 is 0 Å². The molecule has 0 aromatic heterocycles. The standard InChI is InChI=1S/C9H16F3N2.Mn/c1-5-8(13-6(2)3)14-7(4)9(10,11)12;/h6-7H,5H2,1-4H3;/q-1;. The number of hydrogen-bond donors (Lipinski definition) is 0. The van der Waals surface area contributed by atoms with Crippen molar-refractivity contribution in [2.24, 2.45) is 4.99 Å². The number of rotatable bonds is 3. The van der Waals surface area contributed by atoms with Crippen molar-refractivity contribution >= 4 is 5.84 Å². The first-order valence-corrected chi connectivity index (χ1v) is 4.61. The van der Waals surface area contributed by atoms with E-state index in [4.69, 9.17) is 0 Å². The Balaban J connectivity index is 0. The van der Waals surface area contributed by atoms with Gasteiger partial charge in [-0.1, -0.05) is 33.5 Å².